The van der Waals surface area contributed by atoms with Crippen LogP contribution in [-0.2, 0) is 26.4 Å². The Balaban J connectivity index is 0.000000892. The number of pyridine rings is 1. The second-order valence-corrected chi connectivity index (χ2v) is 10.3. The fraction of sp³-hybridized carbons (Fsp3) is 0.200. The average molecular weight is 631 g/mol. The highest BCUT2D eigenvalue weighted by atomic mass is 32.3. The molecule has 2 heterocycles. The predicted octanol–water partition coefficient (Wildman–Crippen LogP) is 4.20. The Morgan fingerprint density at radius 2 is 1.64 bits per heavy atom. The molecule has 12 nitrogen and oxygen atoms in total. The van der Waals surface area contributed by atoms with E-state index in [-0.39, 0.29) is 23.3 Å². The van der Waals surface area contributed by atoms with Crippen molar-refractivity contribution in [1.29, 1.82) is 0 Å². The van der Waals surface area contributed by atoms with Gasteiger partial charge in [0.05, 0.1) is 10.8 Å². The number of carbonyl (C=O) groups is 3. The zero-order valence-corrected chi connectivity index (χ0v) is 22.7. The standard InChI is InChI=1S/C25H19F3N2O6S.H2O4S/c26-25(27,28)36-19-9-5-16(6-10-19)20(35-23(32)17-2-1-11-29-13-17)14-34-18-7-3-15(4-8-18)12-21-22(31)30-24(33)37-21;1-5(2,3)4/h1-11,13,20-21H,12,14H2,(H,30,31,33);(H2,1,2,3,4)/t20-,21?;/m0./s1. The number of alkyl halides is 3. The van der Waals surface area contributed by atoms with Gasteiger partial charge in [-0.3, -0.25) is 29.0 Å². The van der Waals surface area contributed by atoms with Gasteiger partial charge in [0.15, 0.2) is 6.10 Å². The molecule has 2 atom stereocenters. The van der Waals surface area contributed by atoms with Crippen molar-refractivity contribution in [2.45, 2.75) is 24.1 Å². The van der Waals surface area contributed by atoms with Crippen LogP contribution in [0.15, 0.2) is 73.1 Å². The molecule has 2 aromatic carbocycles. The summed E-state index contributed by atoms with van der Waals surface area (Å²) in [6, 6.07) is 14.8. The molecular formula is C25H21F3N2O10S2. The number of nitrogens with zero attached hydrogens (tertiary/aromatic N) is 1. The summed E-state index contributed by atoms with van der Waals surface area (Å²) >= 11 is 0.937. The van der Waals surface area contributed by atoms with Crippen LogP contribution in [0.2, 0.25) is 0 Å². The van der Waals surface area contributed by atoms with Crippen LogP contribution in [0.25, 0.3) is 0 Å². The van der Waals surface area contributed by atoms with E-state index in [2.05, 4.69) is 15.0 Å². The molecule has 3 N–H and O–H groups in total. The average Bonchev–Trinajstić information content (AvgIpc) is 3.22. The lowest BCUT2D eigenvalue weighted by Gasteiger charge is -2.20. The first kappa shape index (κ1) is 32.3. The highest BCUT2D eigenvalue weighted by Gasteiger charge is 2.32. The number of nitrogens with one attached hydrogen (secondary N) is 1. The maximum atomic E-state index is 12.6. The van der Waals surface area contributed by atoms with E-state index in [4.69, 9.17) is 27.0 Å². The third-order valence-electron chi connectivity index (χ3n) is 5.14. The largest absolute Gasteiger partial charge is 0.573 e. The summed E-state index contributed by atoms with van der Waals surface area (Å²) in [5, 5.41) is 1.36. The third kappa shape index (κ3) is 11.4. The normalized spacial score (nSPS) is 15.6. The highest BCUT2D eigenvalue weighted by Crippen LogP contribution is 2.28. The Bertz CT molecular complexity index is 1480. The summed E-state index contributed by atoms with van der Waals surface area (Å²) in [4.78, 5) is 39.6. The maximum absolute atomic E-state index is 12.6. The zero-order chi connectivity index (χ0) is 30.9. The van der Waals surface area contributed by atoms with Crippen molar-refractivity contribution in [1.82, 2.24) is 10.3 Å². The molecule has 0 aliphatic carbocycles. The van der Waals surface area contributed by atoms with Crippen LogP contribution < -0.4 is 14.8 Å². The van der Waals surface area contributed by atoms with Crippen molar-refractivity contribution in [2.24, 2.45) is 0 Å². The predicted molar refractivity (Wildman–Crippen MR) is 140 cm³/mol. The molecule has 17 heteroatoms. The van der Waals surface area contributed by atoms with Gasteiger partial charge in [-0.15, -0.1) is 13.2 Å². The molecule has 1 unspecified atom stereocenters. The van der Waals surface area contributed by atoms with Gasteiger partial charge < -0.3 is 14.2 Å². The molecule has 0 spiro atoms. The van der Waals surface area contributed by atoms with Crippen molar-refractivity contribution >= 4 is 39.3 Å². The van der Waals surface area contributed by atoms with Crippen LogP contribution in [-0.4, -0.2) is 57.8 Å². The number of thioether (sulfide) groups is 1. The molecule has 1 fully saturated rings. The van der Waals surface area contributed by atoms with E-state index in [0.717, 1.165) is 29.5 Å². The van der Waals surface area contributed by atoms with Gasteiger partial charge in [0.25, 0.3) is 5.24 Å². The van der Waals surface area contributed by atoms with Crippen LogP contribution in [0.5, 0.6) is 11.5 Å². The molecule has 2 amide bonds. The van der Waals surface area contributed by atoms with Gasteiger partial charge in [-0.25, -0.2) is 4.79 Å². The van der Waals surface area contributed by atoms with Gasteiger partial charge in [-0.1, -0.05) is 36.0 Å². The lowest BCUT2D eigenvalue weighted by Crippen LogP contribution is -2.25. The molecule has 0 bridgehead atoms. The molecule has 1 aliphatic heterocycles. The smallest absolute Gasteiger partial charge is 0.489 e. The van der Waals surface area contributed by atoms with E-state index in [1.54, 1.807) is 30.3 Å². The first-order chi connectivity index (χ1) is 19.7. The number of aromatic nitrogens is 1. The summed E-state index contributed by atoms with van der Waals surface area (Å²) in [6.45, 7) is -0.139. The Morgan fingerprint density at radius 1 is 1.02 bits per heavy atom. The number of benzene rings is 2. The summed E-state index contributed by atoms with van der Waals surface area (Å²) < 4.78 is 84.3. The molecule has 0 saturated carbocycles. The minimum atomic E-state index is -4.83. The summed E-state index contributed by atoms with van der Waals surface area (Å²) in [6.07, 6.45) is -2.61. The molecule has 42 heavy (non-hydrogen) atoms. The van der Waals surface area contributed by atoms with Crippen LogP contribution in [0.4, 0.5) is 18.0 Å². The van der Waals surface area contributed by atoms with Gasteiger partial charge in [0.2, 0.25) is 5.91 Å². The lowest BCUT2D eigenvalue weighted by atomic mass is 10.1. The SMILES string of the molecule is O=C1NC(=O)C(Cc2ccc(OC[C@H](OC(=O)c3cccnc3)c3ccc(OC(F)(F)F)cc3)cc2)S1.O=S(=O)(O)O. The first-order valence-corrected chi connectivity index (χ1v) is 13.8. The number of imide groups is 1. The topological polar surface area (TPSA) is 178 Å². The van der Waals surface area contributed by atoms with E-state index < -0.39 is 39.8 Å². The van der Waals surface area contributed by atoms with Gasteiger partial charge in [-0.2, -0.15) is 8.42 Å². The van der Waals surface area contributed by atoms with Crippen LogP contribution in [0.3, 0.4) is 0 Å². The molecule has 0 radical (unpaired) electrons. The quantitative estimate of drug-likeness (QED) is 0.227. The van der Waals surface area contributed by atoms with Crippen molar-refractivity contribution in [3.8, 4) is 11.5 Å². The Morgan fingerprint density at radius 3 is 2.17 bits per heavy atom. The Kier molecular flexibility index (Phi) is 10.9. The van der Waals surface area contributed by atoms with Crippen LogP contribution in [0.1, 0.15) is 27.6 Å². The van der Waals surface area contributed by atoms with E-state index in [9.17, 15) is 27.6 Å². The number of amides is 2. The monoisotopic (exact) mass is 630 g/mol. The fourth-order valence-corrected chi connectivity index (χ4v) is 4.26. The summed E-state index contributed by atoms with van der Waals surface area (Å²) in [5.41, 5.74) is 1.40. The first-order valence-electron chi connectivity index (χ1n) is 11.6. The molecular weight excluding hydrogens is 609 g/mol. The van der Waals surface area contributed by atoms with E-state index in [1.165, 1.54) is 30.6 Å². The molecule has 3 aromatic rings. The Hall–Kier alpha value is -4.19. The number of hydrogen-bond acceptors (Lipinski definition) is 10. The number of halogens is 3. The fourth-order valence-electron chi connectivity index (χ4n) is 3.40. The van der Waals surface area contributed by atoms with Gasteiger partial charge >= 0.3 is 22.7 Å². The molecule has 1 saturated heterocycles. The molecule has 1 aromatic heterocycles. The number of hydrogen-bond donors (Lipinski definition) is 3. The van der Waals surface area contributed by atoms with Crippen molar-refractivity contribution in [3.05, 3.63) is 89.7 Å². The lowest BCUT2D eigenvalue weighted by molar-refractivity contribution is -0.274. The minimum Gasteiger partial charge on any atom is -0.489 e. The molecule has 224 valence electrons. The van der Waals surface area contributed by atoms with Gasteiger partial charge in [-0.05, 0) is 53.9 Å². The summed E-state index contributed by atoms with van der Waals surface area (Å²) in [7, 11) is -4.67. The molecule has 1 aliphatic rings. The summed E-state index contributed by atoms with van der Waals surface area (Å²) in [5.74, 6) is -1.00. The van der Waals surface area contributed by atoms with Gasteiger partial charge in [0.1, 0.15) is 18.1 Å². The van der Waals surface area contributed by atoms with Gasteiger partial charge in [0, 0.05) is 12.4 Å². The number of rotatable bonds is 9. The van der Waals surface area contributed by atoms with Crippen molar-refractivity contribution in [3.63, 3.8) is 0 Å². The maximum Gasteiger partial charge on any atom is 0.573 e. The third-order valence-corrected chi connectivity index (χ3v) is 6.13. The highest BCUT2D eigenvalue weighted by molar-refractivity contribution is 8.15. The zero-order valence-electron chi connectivity index (χ0n) is 21.1. The number of carbonyl (C=O) groups excluding carboxylic acids is 3. The number of ether oxygens (including phenoxy) is 3. The van der Waals surface area contributed by atoms with E-state index in [1.807, 2.05) is 0 Å². The second kappa shape index (κ2) is 14.1. The minimum absolute atomic E-state index is 0.139. The van der Waals surface area contributed by atoms with Crippen LogP contribution in [0, 0.1) is 0 Å². The van der Waals surface area contributed by atoms with Crippen molar-refractivity contribution in [2.75, 3.05) is 6.61 Å². The van der Waals surface area contributed by atoms with E-state index in [0.29, 0.717) is 17.7 Å². The van der Waals surface area contributed by atoms with E-state index >= 15 is 0 Å². The number of esters is 1. The van der Waals surface area contributed by atoms with Crippen molar-refractivity contribution < 1.29 is 59.3 Å². The second-order valence-electron chi connectivity index (χ2n) is 8.24. The Labute approximate surface area is 240 Å². The molecule has 4 rings (SSSR count). The van der Waals surface area contributed by atoms with Crippen LogP contribution >= 0.6 is 11.8 Å².